The number of thiophene rings is 1. The van der Waals surface area contributed by atoms with Gasteiger partial charge in [-0.25, -0.2) is 0 Å². The number of fused-ring (bicyclic) bond motifs is 1. The minimum atomic E-state index is 0.0640. The molecular formula is C14H14ClNO2S. The zero-order chi connectivity index (χ0) is 13.2. The van der Waals surface area contributed by atoms with E-state index in [1.165, 1.54) is 0 Å². The van der Waals surface area contributed by atoms with Crippen molar-refractivity contribution in [3.05, 3.63) is 45.1 Å². The highest BCUT2D eigenvalue weighted by atomic mass is 35.5. The molecule has 0 radical (unpaired) electrons. The predicted molar refractivity (Wildman–Crippen MR) is 77.7 cm³/mol. The molecule has 1 aliphatic heterocycles. The smallest absolute Gasteiger partial charge is 0.166 e. The summed E-state index contributed by atoms with van der Waals surface area (Å²) in [6, 6.07) is 10.0. The molecule has 0 bridgehead atoms. The quantitative estimate of drug-likeness (QED) is 0.940. The van der Waals surface area contributed by atoms with Crippen LogP contribution in [0.2, 0.25) is 4.34 Å². The fraction of sp³-hybridized carbons (Fsp3) is 0.286. The first kappa shape index (κ1) is 12.8. The summed E-state index contributed by atoms with van der Waals surface area (Å²) in [4.78, 5) is 1.16. The maximum absolute atomic E-state index is 6.03. The van der Waals surface area contributed by atoms with E-state index < -0.39 is 0 Å². The Morgan fingerprint density at radius 2 is 2.05 bits per heavy atom. The highest BCUT2D eigenvalue weighted by Gasteiger charge is 2.23. The predicted octanol–water partition coefficient (Wildman–Crippen LogP) is 3.48. The van der Waals surface area contributed by atoms with Crippen molar-refractivity contribution in [3.8, 4) is 11.5 Å². The second-order valence-corrected chi connectivity index (χ2v) is 5.98. The molecule has 5 heteroatoms. The Kier molecular flexibility index (Phi) is 3.64. The zero-order valence-electron chi connectivity index (χ0n) is 10.5. The van der Waals surface area contributed by atoms with Crippen LogP contribution in [0.4, 0.5) is 0 Å². The van der Waals surface area contributed by atoms with E-state index in [4.69, 9.17) is 21.1 Å². The molecule has 0 aliphatic carbocycles. The number of halogens is 1. The third kappa shape index (κ3) is 2.43. The van der Waals surface area contributed by atoms with Gasteiger partial charge >= 0.3 is 0 Å². The van der Waals surface area contributed by atoms with E-state index in [-0.39, 0.29) is 6.04 Å². The van der Waals surface area contributed by atoms with Gasteiger partial charge in [0.15, 0.2) is 11.5 Å². The van der Waals surface area contributed by atoms with Crippen molar-refractivity contribution in [2.45, 2.75) is 6.04 Å². The van der Waals surface area contributed by atoms with Crippen LogP contribution in [0.5, 0.6) is 11.5 Å². The van der Waals surface area contributed by atoms with Crippen molar-refractivity contribution in [3.63, 3.8) is 0 Å². The molecule has 1 unspecified atom stereocenters. The number of nitrogens with one attached hydrogen (secondary N) is 1. The summed E-state index contributed by atoms with van der Waals surface area (Å²) in [5, 5.41) is 3.31. The Labute approximate surface area is 121 Å². The minimum Gasteiger partial charge on any atom is -0.486 e. The number of benzene rings is 1. The van der Waals surface area contributed by atoms with Gasteiger partial charge in [-0.05, 0) is 25.2 Å². The molecule has 0 spiro atoms. The largest absolute Gasteiger partial charge is 0.486 e. The Bertz CT molecular complexity index is 585. The third-order valence-electron chi connectivity index (χ3n) is 3.07. The molecule has 2 aromatic rings. The van der Waals surface area contributed by atoms with Gasteiger partial charge in [0.1, 0.15) is 13.2 Å². The first-order chi connectivity index (χ1) is 9.29. The van der Waals surface area contributed by atoms with Crippen LogP contribution in [-0.2, 0) is 0 Å². The van der Waals surface area contributed by atoms with Gasteiger partial charge in [-0.15, -0.1) is 11.3 Å². The summed E-state index contributed by atoms with van der Waals surface area (Å²) >= 11 is 7.60. The lowest BCUT2D eigenvalue weighted by Gasteiger charge is -2.24. The number of hydrogen-bond donors (Lipinski definition) is 1. The summed E-state index contributed by atoms with van der Waals surface area (Å²) in [6.45, 7) is 1.19. The molecule has 3 rings (SSSR count). The zero-order valence-corrected chi connectivity index (χ0v) is 12.1. The van der Waals surface area contributed by atoms with Crippen molar-refractivity contribution in [1.29, 1.82) is 0 Å². The number of ether oxygens (including phenoxy) is 2. The van der Waals surface area contributed by atoms with Crippen LogP contribution >= 0.6 is 22.9 Å². The van der Waals surface area contributed by atoms with Crippen molar-refractivity contribution >= 4 is 22.9 Å². The Morgan fingerprint density at radius 1 is 1.21 bits per heavy atom. The maximum Gasteiger partial charge on any atom is 0.166 e. The lowest BCUT2D eigenvalue weighted by molar-refractivity contribution is 0.169. The number of rotatable bonds is 3. The SMILES string of the molecule is CNC(c1ccc(Cl)s1)c1cccc2c1OCCO2. The molecule has 1 aromatic carbocycles. The highest BCUT2D eigenvalue weighted by Crippen LogP contribution is 2.40. The highest BCUT2D eigenvalue weighted by molar-refractivity contribution is 7.16. The number of hydrogen-bond acceptors (Lipinski definition) is 4. The van der Waals surface area contributed by atoms with Crippen LogP contribution in [-0.4, -0.2) is 20.3 Å². The van der Waals surface area contributed by atoms with E-state index in [1.807, 2.05) is 31.3 Å². The molecule has 100 valence electrons. The third-order valence-corrected chi connectivity index (χ3v) is 4.37. The van der Waals surface area contributed by atoms with E-state index in [0.717, 1.165) is 26.3 Å². The summed E-state index contributed by atoms with van der Waals surface area (Å²) < 4.78 is 12.2. The average molecular weight is 296 g/mol. The van der Waals surface area contributed by atoms with Crippen molar-refractivity contribution in [1.82, 2.24) is 5.32 Å². The van der Waals surface area contributed by atoms with Gasteiger partial charge < -0.3 is 14.8 Å². The number of para-hydroxylation sites is 1. The Hall–Kier alpha value is -1.23. The molecule has 1 N–H and O–H groups in total. The molecule has 1 atom stereocenters. The van der Waals surface area contributed by atoms with Crippen LogP contribution in [0.15, 0.2) is 30.3 Å². The van der Waals surface area contributed by atoms with Gasteiger partial charge in [0.05, 0.1) is 10.4 Å². The van der Waals surface area contributed by atoms with Crippen molar-refractivity contribution < 1.29 is 9.47 Å². The minimum absolute atomic E-state index is 0.0640. The van der Waals surface area contributed by atoms with Gasteiger partial charge in [0.25, 0.3) is 0 Å². The first-order valence-electron chi connectivity index (χ1n) is 6.10. The first-order valence-corrected chi connectivity index (χ1v) is 7.30. The summed E-state index contributed by atoms with van der Waals surface area (Å²) in [5.41, 5.74) is 1.08. The Morgan fingerprint density at radius 3 is 2.79 bits per heavy atom. The molecule has 1 aliphatic rings. The maximum atomic E-state index is 6.03. The van der Waals surface area contributed by atoms with Crippen LogP contribution in [0.1, 0.15) is 16.5 Å². The van der Waals surface area contributed by atoms with Crippen LogP contribution in [0.25, 0.3) is 0 Å². The molecular weight excluding hydrogens is 282 g/mol. The van der Waals surface area contributed by atoms with Gasteiger partial charge in [-0.2, -0.15) is 0 Å². The average Bonchev–Trinajstić information content (AvgIpc) is 2.86. The van der Waals surface area contributed by atoms with Gasteiger partial charge in [0, 0.05) is 10.4 Å². The van der Waals surface area contributed by atoms with E-state index in [9.17, 15) is 0 Å². The molecule has 0 amide bonds. The lowest BCUT2D eigenvalue weighted by Crippen LogP contribution is -2.21. The van der Waals surface area contributed by atoms with Crippen LogP contribution < -0.4 is 14.8 Å². The topological polar surface area (TPSA) is 30.5 Å². The molecule has 1 aromatic heterocycles. The molecule has 0 saturated carbocycles. The second-order valence-electron chi connectivity index (χ2n) is 4.23. The molecule has 0 saturated heterocycles. The van der Waals surface area contributed by atoms with E-state index in [0.29, 0.717) is 13.2 Å². The summed E-state index contributed by atoms with van der Waals surface area (Å²) in [6.07, 6.45) is 0. The molecule has 19 heavy (non-hydrogen) atoms. The van der Waals surface area contributed by atoms with Crippen molar-refractivity contribution in [2.24, 2.45) is 0 Å². The molecule has 0 fully saturated rings. The van der Waals surface area contributed by atoms with Gasteiger partial charge in [-0.3, -0.25) is 0 Å². The normalized spacial score (nSPS) is 15.3. The second kappa shape index (κ2) is 5.41. The fourth-order valence-electron chi connectivity index (χ4n) is 2.26. The van der Waals surface area contributed by atoms with E-state index in [1.54, 1.807) is 11.3 Å². The monoisotopic (exact) mass is 295 g/mol. The molecule has 2 heterocycles. The molecule has 3 nitrogen and oxygen atoms in total. The van der Waals surface area contributed by atoms with E-state index in [2.05, 4.69) is 11.4 Å². The van der Waals surface area contributed by atoms with Gasteiger partial charge in [0.2, 0.25) is 0 Å². The standard InChI is InChI=1S/C14H14ClNO2S/c1-16-13(11-5-6-12(15)19-11)9-3-2-4-10-14(9)18-8-7-17-10/h2-6,13,16H,7-8H2,1H3. The van der Waals surface area contributed by atoms with Crippen LogP contribution in [0, 0.1) is 0 Å². The lowest BCUT2D eigenvalue weighted by atomic mass is 10.0. The van der Waals surface area contributed by atoms with Crippen molar-refractivity contribution in [2.75, 3.05) is 20.3 Å². The summed E-state index contributed by atoms with van der Waals surface area (Å²) in [7, 11) is 1.93. The van der Waals surface area contributed by atoms with E-state index >= 15 is 0 Å². The van der Waals surface area contributed by atoms with Crippen LogP contribution in [0.3, 0.4) is 0 Å². The Balaban J connectivity index is 2.04. The fourth-order valence-corrected chi connectivity index (χ4v) is 3.45. The van der Waals surface area contributed by atoms with Gasteiger partial charge in [-0.1, -0.05) is 23.7 Å². The summed E-state index contributed by atoms with van der Waals surface area (Å²) in [5.74, 6) is 1.64.